The van der Waals surface area contributed by atoms with Crippen molar-refractivity contribution in [3.05, 3.63) is 53.6 Å². The Kier molecular flexibility index (Phi) is 3.46. The average molecular weight is 469 g/mol. The van der Waals surface area contributed by atoms with Gasteiger partial charge in [-0.2, -0.15) is 0 Å². The maximum Gasteiger partial charge on any atom is 0.252 e. The van der Waals surface area contributed by atoms with Gasteiger partial charge in [-0.05, 0) is 24.6 Å². The minimum absolute atomic E-state index is 0.0725. The van der Waals surface area contributed by atoms with Gasteiger partial charge < -0.3 is 34.8 Å². The topological polar surface area (TPSA) is 104 Å². The summed E-state index contributed by atoms with van der Waals surface area (Å²) in [6.07, 6.45) is -0.257. The Labute approximate surface area is 199 Å². The zero-order chi connectivity index (χ0) is 23.8. The first-order valence-corrected chi connectivity index (χ1v) is 11.9. The Bertz CT molecular complexity index is 1780. The molecule has 35 heavy (non-hydrogen) atoms. The van der Waals surface area contributed by atoms with E-state index in [4.69, 9.17) is 15.2 Å². The molecule has 0 spiro atoms. The van der Waals surface area contributed by atoms with Gasteiger partial charge in [-0.15, -0.1) is 0 Å². The average Bonchev–Trinajstić information content (AvgIpc) is 3.47. The van der Waals surface area contributed by atoms with Crippen LogP contribution in [0.5, 0.6) is 5.75 Å². The van der Waals surface area contributed by atoms with Crippen molar-refractivity contribution in [3.8, 4) is 5.75 Å². The van der Waals surface area contributed by atoms with Crippen molar-refractivity contribution in [2.75, 3.05) is 7.11 Å². The summed E-state index contributed by atoms with van der Waals surface area (Å²) in [6, 6.07) is 13.4. The Morgan fingerprint density at radius 2 is 1.91 bits per heavy atom. The van der Waals surface area contributed by atoms with Crippen LogP contribution >= 0.6 is 0 Å². The minimum Gasteiger partial charge on any atom is -0.506 e. The van der Waals surface area contributed by atoms with Crippen LogP contribution in [0.3, 0.4) is 0 Å². The zero-order valence-electron chi connectivity index (χ0n) is 19.3. The maximum absolute atomic E-state index is 13.3. The van der Waals surface area contributed by atoms with E-state index in [0.717, 1.165) is 43.7 Å². The second-order valence-electron chi connectivity index (χ2n) is 10.1. The van der Waals surface area contributed by atoms with Gasteiger partial charge in [0.1, 0.15) is 18.1 Å². The van der Waals surface area contributed by atoms with Gasteiger partial charge in [0, 0.05) is 47.7 Å². The van der Waals surface area contributed by atoms with E-state index in [1.807, 2.05) is 31.2 Å². The van der Waals surface area contributed by atoms with Crippen LogP contribution in [0.25, 0.3) is 43.6 Å². The Morgan fingerprint density at radius 1 is 1.11 bits per heavy atom. The summed E-state index contributed by atoms with van der Waals surface area (Å²) in [7, 11) is 1.66. The predicted octanol–water partition coefficient (Wildman–Crippen LogP) is 3.80. The van der Waals surface area contributed by atoms with E-state index in [2.05, 4.69) is 26.6 Å². The molecule has 8 nitrogen and oxygen atoms in total. The van der Waals surface area contributed by atoms with E-state index in [1.54, 1.807) is 13.2 Å². The second kappa shape index (κ2) is 6.15. The van der Waals surface area contributed by atoms with E-state index in [1.165, 1.54) is 0 Å². The molecule has 2 bridgehead atoms. The molecule has 0 aliphatic carbocycles. The fourth-order valence-corrected chi connectivity index (χ4v) is 7.18. The highest BCUT2D eigenvalue weighted by Gasteiger charge is 2.52. The number of benzene rings is 3. The monoisotopic (exact) mass is 468 g/mol. The molecule has 3 aliphatic heterocycles. The number of nitrogens with one attached hydrogen (secondary N) is 1. The lowest BCUT2D eigenvalue weighted by molar-refractivity contribution is -0.253. The van der Waals surface area contributed by atoms with Crippen LogP contribution in [0, 0.1) is 0 Å². The first-order valence-electron chi connectivity index (χ1n) is 11.9. The number of rotatable bonds is 1. The number of para-hydroxylation sites is 2. The third-order valence-corrected chi connectivity index (χ3v) is 8.36. The molecule has 5 heterocycles. The van der Waals surface area contributed by atoms with Crippen molar-refractivity contribution in [2.24, 2.45) is 5.73 Å². The molecular formula is C27H24N4O4. The van der Waals surface area contributed by atoms with Crippen LogP contribution < -0.4 is 11.1 Å². The van der Waals surface area contributed by atoms with Crippen molar-refractivity contribution in [2.45, 2.75) is 44.0 Å². The van der Waals surface area contributed by atoms with E-state index < -0.39 is 11.8 Å². The van der Waals surface area contributed by atoms with Crippen molar-refractivity contribution in [1.82, 2.24) is 14.5 Å². The van der Waals surface area contributed by atoms with Gasteiger partial charge in [0.2, 0.25) is 0 Å². The van der Waals surface area contributed by atoms with Crippen molar-refractivity contribution < 1.29 is 19.4 Å². The van der Waals surface area contributed by atoms with Crippen molar-refractivity contribution in [3.63, 3.8) is 0 Å². The van der Waals surface area contributed by atoms with Gasteiger partial charge in [-0.25, -0.2) is 0 Å². The number of aromatic hydroxyl groups is 1. The van der Waals surface area contributed by atoms with Crippen molar-refractivity contribution >= 4 is 49.5 Å². The molecule has 176 valence electrons. The summed E-state index contributed by atoms with van der Waals surface area (Å²) < 4.78 is 17.2. The quantitative estimate of drug-likeness (QED) is 0.347. The number of phenols is 1. The lowest BCUT2D eigenvalue weighted by Crippen LogP contribution is -2.59. The lowest BCUT2D eigenvalue weighted by Gasteiger charge is -2.47. The molecule has 2 aromatic heterocycles. The zero-order valence-corrected chi connectivity index (χ0v) is 19.3. The van der Waals surface area contributed by atoms with Gasteiger partial charge in [-0.3, -0.25) is 4.79 Å². The highest BCUT2D eigenvalue weighted by atomic mass is 16.6. The molecule has 0 saturated carbocycles. The van der Waals surface area contributed by atoms with Crippen LogP contribution in [0.4, 0.5) is 0 Å². The highest BCUT2D eigenvalue weighted by Crippen LogP contribution is 2.54. The van der Waals surface area contributed by atoms with Gasteiger partial charge in [0.15, 0.2) is 5.72 Å². The number of nitrogens with two attached hydrogens (primary N) is 1. The van der Waals surface area contributed by atoms with E-state index >= 15 is 0 Å². The molecule has 1 saturated heterocycles. The number of hydrogen-bond acceptors (Lipinski definition) is 5. The molecule has 1 fully saturated rings. The molecule has 8 rings (SSSR count). The summed E-state index contributed by atoms with van der Waals surface area (Å²) in [5.41, 5.74) is 10.9. The first kappa shape index (κ1) is 19.7. The summed E-state index contributed by atoms with van der Waals surface area (Å²) in [6.45, 7) is 2.43. The number of fused-ring (bicyclic) bond motifs is 13. The number of carbonyl (C=O) groups excluding carboxylic acids is 1. The normalized spacial score (nSPS) is 27.3. The molecule has 4 atom stereocenters. The van der Waals surface area contributed by atoms with Crippen LogP contribution in [-0.4, -0.2) is 39.4 Å². The predicted molar refractivity (Wildman–Crippen MR) is 132 cm³/mol. The Balaban J connectivity index is 1.76. The van der Waals surface area contributed by atoms with Gasteiger partial charge in [0.25, 0.3) is 5.91 Å². The van der Waals surface area contributed by atoms with Gasteiger partial charge in [0.05, 0.1) is 27.6 Å². The molecule has 8 heteroatoms. The first-order chi connectivity index (χ1) is 17.0. The van der Waals surface area contributed by atoms with E-state index in [9.17, 15) is 9.90 Å². The maximum atomic E-state index is 13.3. The lowest BCUT2D eigenvalue weighted by atomic mass is 9.93. The van der Waals surface area contributed by atoms with Crippen LogP contribution in [0.15, 0.2) is 42.5 Å². The number of methoxy groups -OCH3 is 1. The Hall–Kier alpha value is -3.59. The summed E-state index contributed by atoms with van der Waals surface area (Å²) in [4.78, 5) is 13.3. The molecule has 4 N–H and O–H groups in total. The van der Waals surface area contributed by atoms with Crippen LogP contribution in [-0.2, 0) is 21.7 Å². The summed E-state index contributed by atoms with van der Waals surface area (Å²) >= 11 is 0. The van der Waals surface area contributed by atoms with E-state index in [-0.39, 0.29) is 23.9 Å². The molecule has 0 unspecified atom stereocenters. The molecule has 3 aromatic carbocycles. The minimum atomic E-state index is -0.993. The molecular weight excluding hydrogens is 444 g/mol. The van der Waals surface area contributed by atoms with Crippen LogP contribution in [0.1, 0.15) is 35.5 Å². The fraction of sp³-hybridized carbons (Fsp3) is 0.296. The smallest absolute Gasteiger partial charge is 0.252 e. The third-order valence-electron chi connectivity index (χ3n) is 8.36. The number of nitrogens with zero attached hydrogens (tertiary/aromatic N) is 2. The number of hydrogen-bond donors (Lipinski definition) is 3. The molecule has 1 amide bonds. The largest absolute Gasteiger partial charge is 0.506 e. The number of carbonyl (C=O) groups is 1. The Morgan fingerprint density at radius 3 is 2.74 bits per heavy atom. The number of phenolic OH excluding ortho intramolecular Hbond substituents is 1. The summed E-state index contributed by atoms with van der Waals surface area (Å²) in [5, 5.41) is 18.0. The number of aromatic nitrogens is 2. The molecule has 5 aromatic rings. The van der Waals surface area contributed by atoms with E-state index in [0.29, 0.717) is 24.0 Å². The fourth-order valence-electron chi connectivity index (χ4n) is 7.18. The van der Waals surface area contributed by atoms with Crippen molar-refractivity contribution in [1.29, 1.82) is 0 Å². The third kappa shape index (κ3) is 2.05. The second-order valence-corrected chi connectivity index (χ2v) is 10.1. The SMILES string of the molecule is CO[C@H]1[C@@H](N)C[C@@H]2O[C@@]1(C)n1c3c(O)cccc3c3c4c(c5c6ccccc6n2c5c31)C(=O)NC4. The highest BCUT2D eigenvalue weighted by molar-refractivity contribution is 6.31. The van der Waals surface area contributed by atoms with Gasteiger partial charge >= 0.3 is 0 Å². The molecule has 3 aliphatic rings. The molecule has 0 radical (unpaired) electrons. The number of ether oxygens (including phenoxy) is 2. The summed E-state index contributed by atoms with van der Waals surface area (Å²) in [5.74, 6) is 0.0782. The van der Waals surface area contributed by atoms with Crippen LogP contribution in [0.2, 0.25) is 0 Å². The number of amides is 1. The van der Waals surface area contributed by atoms with Gasteiger partial charge in [-0.1, -0.05) is 30.3 Å². The standard InChI is InChI=1S/C27H24N4O4/c1-27-25(34-2)15(28)10-18(35-27)30-16-8-4-3-6-12(16)20-21-14(11-29-26(21)33)19-13-7-5-9-17(32)22(13)31(27)24(19)23(20)30/h3-9,15,18,25,32H,10-11,28H2,1-2H3,(H,29,33)/t15-,18-,25-,27+/m0/s1.